The molecule has 3 N–H and O–H groups in total. The zero-order chi connectivity index (χ0) is 20.0. The molecule has 0 saturated heterocycles. The number of rotatable bonds is 8. The van der Waals surface area contributed by atoms with Gasteiger partial charge in [0.2, 0.25) is 5.91 Å². The summed E-state index contributed by atoms with van der Waals surface area (Å²) in [6, 6.07) is 22.0. The lowest BCUT2D eigenvalue weighted by molar-refractivity contribution is -0.120. The summed E-state index contributed by atoms with van der Waals surface area (Å²) >= 11 is 0. The Kier molecular flexibility index (Phi) is 6.60. The van der Waals surface area contributed by atoms with E-state index in [1.165, 1.54) is 0 Å². The van der Waals surface area contributed by atoms with E-state index >= 15 is 0 Å². The lowest BCUT2D eigenvalue weighted by Crippen LogP contribution is -2.27. The van der Waals surface area contributed by atoms with Crippen molar-refractivity contribution in [3.8, 4) is 11.1 Å². The maximum absolute atomic E-state index is 12.4. The summed E-state index contributed by atoms with van der Waals surface area (Å²) in [6.07, 6.45) is 0.536. The molecule has 0 bridgehead atoms. The molecule has 1 amide bonds. The number of carbonyl (C=O) groups is 1. The van der Waals surface area contributed by atoms with E-state index in [1.807, 2.05) is 60.7 Å². The van der Waals surface area contributed by atoms with Gasteiger partial charge in [0.05, 0.1) is 13.0 Å². The van der Waals surface area contributed by atoms with E-state index in [-0.39, 0.29) is 25.5 Å². The predicted octanol–water partition coefficient (Wildman–Crippen LogP) is 3.66. The van der Waals surface area contributed by atoms with Crippen molar-refractivity contribution in [2.45, 2.75) is 12.8 Å². The number of fused-ring (bicyclic) bond motifs is 1. The third-order valence-corrected chi connectivity index (χ3v) is 4.85. The third kappa shape index (κ3) is 5.50. The van der Waals surface area contributed by atoms with Gasteiger partial charge in [-0.05, 0) is 33.9 Å². The van der Waals surface area contributed by atoms with Crippen LogP contribution in [0.25, 0.3) is 21.9 Å². The fourth-order valence-electron chi connectivity index (χ4n) is 3.13. The number of phosphoric ester groups is 1. The zero-order valence-corrected chi connectivity index (χ0v) is 16.1. The molecule has 0 atom stereocenters. The van der Waals surface area contributed by atoms with E-state index in [0.717, 1.165) is 27.5 Å². The van der Waals surface area contributed by atoms with Crippen LogP contribution in [0.1, 0.15) is 12.0 Å². The topological polar surface area (TPSA) is 95.9 Å². The van der Waals surface area contributed by atoms with E-state index in [4.69, 9.17) is 9.79 Å². The molecule has 3 aromatic rings. The number of phosphoric acid groups is 1. The first-order chi connectivity index (χ1) is 13.4. The summed E-state index contributed by atoms with van der Waals surface area (Å²) < 4.78 is 15.0. The number of nitrogens with one attached hydrogen (secondary N) is 1. The fraction of sp³-hybridized carbons (Fsp3) is 0.190. The van der Waals surface area contributed by atoms with E-state index in [1.54, 1.807) is 0 Å². The van der Waals surface area contributed by atoms with Crippen molar-refractivity contribution >= 4 is 24.5 Å². The van der Waals surface area contributed by atoms with Crippen molar-refractivity contribution in [3.05, 3.63) is 72.3 Å². The molecule has 0 radical (unpaired) electrons. The maximum atomic E-state index is 12.4. The highest BCUT2D eigenvalue weighted by atomic mass is 31.2. The summed E-state index contributed by atoms with van der Waals surface area (Å²) in [7, 11) is -4.46. The largest absolute Gasteiger partial charge is 0.469 e. The van der Waals surface area contributed by atoms with Crippen LogP contribution >= 0.6 is 7.82 Å². The Morgan fingerprint density at radius 2 is 1.68 bits per heavy atom. The Labute approximate surface area is 163 Å². The number of hydrogen-bond acceptors (Lipinski definition) is 3. The van der Waals surface area contributed by atoms with Gasteiger partial charge in [-0.3, -0.25) is 9.32 Å². The minimum atomic E-state index is -4.46. The van der Waals surface area contributed by atoms with Crippen molar-refractivity contribution in [2.75, 3.05) is 13.2 Å². The van der Waals surface area contributed by atoms with Gasteiger partial charge >= 0.3 is 7.82 Å². The first-order valence-corrected chi connectivity index (χ1v) is 10.5. The van der Waals surface area contributed by atoms with Gasteiger partial charge in [-0.2, -0.15) is 0 Å². The molecular formula is C21H22NO5P. The molecule has 0 aliphatic carbocycles. The average molecular weight is 399 g/mol. The van der Waals surface area contributed by atoms with Crippen LogP contribution < -0.4 is 5.32 Å². The van der Waals surface area contributed by atoms with Gasteiger partial charge in [0.25, 0.3) is 0 Å². The minimum absolute atomic E-state index is 0.115. The molecule has 3 rings (SSSR count). The van der Waals surface area contributed by atoms with Crippen molar-refractivity contribution < 1.29 is 23.7 Å². The van der Waals surface area contributed by atoms with E-state index < -0.39 is 7.82 Å². The lowest BCUT2D eigenvalue weighted by Gasteiger charge is -2.14. The van der Waals surface area contributed by atoms with E-state index in [2.05, 4.69) is 15.9 Å². The SMILES string of the molecule is O=C(Cc1ccc2ccccc2c1-c1ccccc1)NCCCOP(=O)(O)O. The van der Waals surface area contributed by atoms with Crippen LogP contribution in [0, 0.1) is 0 Å². The van der Waals surface area contributed by atoms with Crippen molar-refractivity contribution in [1.29, 1.82) is 0 Å². The van der Waals surface area contributed by atoms with Crippen LogP contribution in [0.4, 0.5) is 0 Å². The number of hydrogen-bond donors (Lipinski definition) is 3. The first kappa shape index (κ1) is 20.2. The summed E-state index contributed by atoms with van der Waals surface area (Å²) in [5.41, 5.74) is 3.02. The molecule has 0 aliphatic rings. The summed E-state index contributed by atoms with van der Waals surface area (Å²) in [4.78, 5) is 29.7. The van der Waals surface area contributed by atoms with Gasteiger partial charge in [-0.1, -0.05) is 66.7 Å². The number of amides is 1. The summed E-state index contributed by atoms with van der Waals surface area (Å²) in [5.74, 6) is -0.149. The Morgan fingerprint density at radius 3 is 2.43 bits per heavy atom. The van der Waals surface area contributed by atoms with Crippen molar-refractivity contribution in [1.82, 2.24) is 5.32 Å². The van der Waals surface area contributed by atoms with Gasteiger partial charge in [0, 0.05) is 6.54 Å². The minimum Gasteiger partial charge on any atom is -0.356 e. The van der Waals surface area contributed by atoms with Gasteiger partial charge in [0.1, 0.15) is 0 Å². The Bertz CT molecular complexity index is 1000. The second kappa shape index (κ2) is 9.13. The lowest BCUT2D eigenvalue weighted by atomic mass is 9.92. The molecule has 0 fully saturated rings. The van der Waals surface area contributed by atoms with Crippen LogP contribution in [-0.2, 0) is 20.3 Å². The van der Waals surface area contributed by atoms with Crippen LogP contribution in [0.2, 0.25) is 0 Å². The molecule has 0 aromatic heterocycles. The molecule has 0 heterocycles. The number of benzene rings is 3. The van der Waals surface area contributed by atoms with Gasteiger partial charge < -0.3 is 15.1 Å². The predicted molar refractivity (Wildman–Crippen MR) is 109 cm³/mol. The highest BCUT2D eigenvalue weighted by Crippen LogP contribution is 2.35. The molecule has 7 heteroatoms. The summed E-state index contributed by atoms with van der Waals surface area (Å²) in [5, 5.41) is 4.98. The van der Waals surface area contributed by atoms with Crippen LogP contribution in [-0.4, -0.2) is 28.8 Å². The maximum Gasteiger partial charge on any atom is 0.469 e. The standard InChI is InChI=1S/C21H22NO5P/c23-20(22-13-6-14-27-28(24,25)26)15-18-12-11-16-7-4-5-10-19(16)21(18)17-8-2-1-3-9-17/h1-5,7-12H,6,13-15H2,(H,22,23)(H2,24,25,26). The Balaban J connectivity index is 1.74. The van der Waals surface area contributed by atoms with E-state index in [9.17, 15) is 9.36 Å². The second-order valence-electron chi connectivity index (χ2n) is 6.39. The Morgan fingerprint density at radius 1 is 0.964 bits per heavy atom. The monoisotopic (exact) mass is 399 g/mol. The quantitative estimate of drug-likeness (QED) is 0.397. The summed E-state index contributed by atoms with van der Waals surface area (Å²) in [6.45, 7) is 0.170. The molecule has 6 nitrogen and oxygen atoms in total. The molecule has 146 valence electrons. The fourth-order valence-corrected chi connectivity index (χ4v) is 3.50. The van der Waals surface area contributed by atoms with Crippen molar-refractivity contribution in [2.24, 2.45) is 0 Å². The van der Waals surface area contributed by atoms with Gasteiger partial charge in [0.15, 0.2) is 0 Å². The van der Waals surface area contributed by atoms with Gasteiger partial charge in [-0.15, -0.1) is 0 Å². The average Bonchev–Trinajstić information content (AvgIpc) is 2.67. The molecule has 28 heavy (non-hydrogen) atoms. The first-order valence-electron chi connectivity index (χ1n) is 8.97. The second-order valence-corrected chi connectivity index (χ2v) is 7.63. The van der Waals surface area contributed by atoms with Gasteiger partial charge in [-0.25, -0.2) is 4.57 Å². The highest BCUT2D eigenvalue weighted by Gasteiger charge is 2.14. The smallest absolute Gasteiger partial charge is 0.356 e. The van der Waals surface area contributed by atoms with E-state index in [0.29, 0.717) is 6.42 Å². The zero-order valence-electron chi connectivity index (χ0n) is 15.2. The Hall–Kier alpha value is -2.50. The van der Waals surface area contributed by atoms with Crippen LogP contribution in [0.15, 0.2) is 66.7 Å². The van der Waals surface area contributed by atoms with Crippen molar-refractivity contribution in [3.63, 3.8) is 0 Å². The normalized spacial score (nSPS) is 11.5. The van der Waals surface area contributed by atoms with Crippen LogP contribution in [0.5, 0.6) is 0 Å². The molecule has 0 aliphatic heterocycles. The molecule has 3 aromatic carbocycles. The van der Waals surface area contributed by atoms with Crippen LogP contribution in [0.3, 0.4) is 0 Å². The number of carbonyl (C=O) groups excluding carboxylic acids is 1. The highest BCUT2D eigenvalue weighted by molar-refractivity contribution is 7.46. The molecule has 0 spiro atoms. The molecule has 0 saturated carbocycles. The molecule has 0 unspecified atom stereocenters. The third-order valence-electron chi connectivity index (χ3n) is 4.33. The molecular weight excluding hydrogens is 377 g/mol.